The Bertz CT molecular complexity index is 887. The highest BCUT2D eigenvalue weighted by molar-refractivity contribution is 5.50. The summed E-state index contributed by atoms with van der Waals surface area (Å²) in [5, 5.41) is 8.63. The monoisotopic (exact) mass is 380 g/mol. The minimum Gasteiger partial charge on any atom is -0.334 e. The minimum atomic E-state index is 0.553. The van der Waals surface area contributed by atoms with E-state index in [2.05, 4.69) is 43.7 Å². The molecule has 1 aliphatic heterocycles. The number of piperidine rings is 1. The molecule has 4 rings (SSSR count). The van der Waals surface area contributed by atoms with Crippen molar-refractivity contribution in [3.8, 4) is 11.5 Å². The van der Waals surface area contributed by atoms with Crippen LogP contribution in [-0.4, -0.2) is 42.9 Å². The number of aryl methyl sites for hydroxylation is 2. The first kappa shape index (κ1) is 18.8. The van der Waals surface area contributed by atoms with E-state index < -0.39 is 0 Å². The van der Waals surface area contributed by atoms with Crippen molar-refractivity contribution in [3.05, 3.63) is 47.8 Å². The second-order valence-corrected chi connectivity index (χ2v) is 7.61. The van der Waals surface area contributed by atoms with Crippen molar-refractivity contribution in [1.29, 1.82) is 0 Å². The number of rotatable bonds is 7. The molecule has 1 aliphatic rings. The van der Waals surface area contributed by atoms with Crippen molar-refractivity contribution in [2.45, 2.75) is 52.6 Å². The van der Waals surface area contributed by atoms with Crippen LogP contribution in [-0.2, 0) is 19.5 Å². The Morgan fingerprint density at radius 2 is 2.21 bits per heavy atom. The molecule has 0 saturated carbocycles. The summed E-state index contributed by atoms with van der Waals surface area (Å²) in [7, 11) is 0. The number of aromatic nitrogens is 5. The molecule has 1 unspecified atom stereocenters. The Hall–Kier alpha value is -2.54. The number of pyridine rings is 1. The first-order valence-electron chi connectivity index (χ1n) is 10.2. The molecule has 0 bridgehead atoms. The molecule has 0 aliphatic carbocycles. The summed E-state index contributed by atoms with van der Waals surface area (Å²) in [6.07, 6.45) is 9.99. The maximum atomic E-state index is 5.40. The molecule has 148 valence electrons. The topological polar surface area (TPSA) is 72.9 Å². The molecule has 0 N–H and O–H groups in total. The lowest BCUT2D eigenvalue weighted by Crippen LogP contribution is -2.35. The Kier molecular flexibility index (Phi) is 5.81. The average Bonchev–Trinajstić information content (AvgIpc) is 3.35. The summed E-state index contributed by atoms with van der Waals surface area (Å²) in [4.78, 5) is 11.2. The molecule has 1 saturated heterocycles. The molecule has 0 amide bonds. The number of nitrogens with zero attached hydrogens (tertiary/aromatic N) is 6. The van der Waals surface area contributed by atoms with Gasteiger partial charge >= 0.3 is 0 Å². The third-order valence-electron chi connectivity index (χ3n) is 5.65. The van der Waals surface area contributed by atoms with Crippen molar-refractivity contribution in [2.75, 3.05) is 13.1 Å². The van der Waals surface area contributed by atoms with Gasteiger partial charge in [-0.25, -0.2) is 0 Å². The van der Waals surface area contributed by atoms with Crippen LogP contribution in [0.4, 0.5) is 0 Å². The van der Waals surface area contributed by atoms with Crippen LogP contribution in [0.2, 0.25) is 0 Å². The van der Waals surface area contributed by atoms with Crippen LogP contribution in [0.15, 0.2) is 35.2 Å². The number of likely N-dealkylation sites (tertiary alicyclic amines) is 1. The van der Waals surface area contributed by atoms with Crippen LogP contribution >= 0.6 is 0 Å². The van der Waals surface area contributed by atoms with Gasteiger partial charge in [-0.15, -0.1) is 0 Å². The van der Waals surface area contributed by atoms with Crippen molar-refractivity contribution < 1.29 is 4.52 Å². The third-order valence-corrected chi connectivity index (χ3v) is 5.65. The van der Waals surface area contributed by atoms with Crippen molar-refractivity contribution >= 4 is 0 Å². The van der Waals surface area contributed by atoms with Gasteiger partial charge in [-0.05, 0) is 57.7 Å². The van der Waals surface area contributed by atoms with Gasteiger partial charge in [0.2, 0.25) is 0 Å². The molecule has 28 heavy (non-hydrogen) atoms. The highest BCUT2D eigenvalue weighted by Gasteiger charge is 2.22. The van der Waals surface area contributed by atoms with E-state index in [9.17, 15) is 0 Å². The normalized spacial score (nSPS) is 17.9. The molecule has 7 nitrogen and oxygen atoms in total. The fourth-order valence-electron chi connectivity index (χ4n) is 4.03. The lowest BCUT2D eigenvalue weighted by atomic mass is 9.93. The van der Waals surface area contributed by atoms with Crippen LogP contribution in [0.3, 0.4) is 0 Å². The molecular weight excluding hydrogens is 352 g/mol. The van der Waals surface area contributed by atoms with Crippen LogP contribution in [0.1, 0.15) is 43.3 Å². The molecule has 4 heterocycles. The van der Waals surface area contributed by atoms with E-state index in [1.807, 2.05) is 18.3 Å². The summed E-state index contributed by atoms with van der Waals surface area (Å²) < 4.78 is 7.47. The van der Waals surface area contributed by atoms with E-state index in [0.29, 0.717) is 11.8 Å². The van der Waals surface area contributed by atoms with E-state index in [-0.39, 0.29) is 0 Å². The lowest BCUT2D eigenvalue weighted by Gasteiger charge is -2.32. The predicted molar refractivity (Wildman–Crippen MR) is 106 cm³/mol. The zero-order valence-corrected chi connectivity index (χ0v) is 16.7. The molecule has 0 radical (unpaired) electrons. The van der Waals surface area contributed by atoms with Gasteiger partial charge in [0.15, 0.2) is 5.82 Å². The molecular formula is C21H28N6O. The van der Waals surface area contributed by atoms with Gasteiger partial charge in [0.25, 0.3) is 5.89 Å². The smallest absolute Gasteiger partial charge is 0.259 e. The lowest BCUT2D eigenvalue weighted by molar-refractivity contribution is 0.161. The largest absolute Gasteiger partial charge is 0.334 e. The highest BCUT2D eigenvalue weighted by atomic mass is 16.5. The number of hydrogen-bond donors (Lipinski definition) is 0. The Balaban J connectivity index is 1.30. The predicted octanol–water partition coefficient (Wildman–Crippen LogP) is 3.50. The first-order chi connectivity index (χ1) is 13.7. The van der Waals surface area contributed by atoms with Gasteiger partial charge < -0.3 is 4.52 Å². The summed E-state index contributed by atoms with van der Waals surface area (Å²) in [6, 6.07) is 3.81. The van der Waals surface area contributed by atoms with Gasteiger partial charge in [0, 0.05) is 49.7 Å². The fourth-order valence-corrected chi connectivity index (χ4v) is 4.03. The Morgan fingerprint density at radius 3 is 3.00 bits per heavy atom. The summed E-state index contributed by atoms with van der Waals surface area (Å²) in [5.41, 5.74) is 3.51. The van der Waals surface area contributed by atoms with E-state index in [4.69, 9.17) is 4.52 Å². The third kappa shape index (κ3) is 4.30. The minimum absolute atomic E-state index is 0.553. The van der Waals surface area contributed by atoms with E-state index in [0.717, 1.165) is 43.9 Å². The van der Waals surface area contributed by atoms with Gasteiger partial charge in [-0.2, -0.15) is 10.1 Å². The van der Waals surface area contributed by atoms with E-state index >= 15 is 0 Å². The van der Waals surface area contributed by atoms with Gasteiger partial charge in [-0.3, -0.25) is 14.6 Å². The molecule has 0 aromatic carbocycles. The van der Waals surface area contributed by atoms with E-state index in [1.165, 1.54) is 30.6 Å². The average molecular weight is 380 g/mol. The highest BCUT2D eigenvalue weighted by Crippen LogP contribution is 2.24. The Labute approximate surface area is 165 Å². The molecule has 3 aromatic rings. The van der Waals surface area contributed by atoms with Crippen molar-refractivity contribution in [1.82, 2.24) is 29.8 Å². The zero-order valence-electron chi connectivity index (χ0n) is 16.7. The van der Waals surface area contributed by atoms with Gasteiger partial charge in [0.1, 0.15) is 0 Å². The van der Waals surface area contributed by atoms with Crippen LogP contribution in [0.25, 0.3) is 11.5 Å². The summed E-state index contributed by atoms with van der Waals surface area (Å²) >= 11 is 0. The van der Waals surface area contributed by atoms with Gasteiger partial charge in [0.05, 0.1) is 11.8 Å². The van der Waals surface area contributed by atoms with Crippen molar-refractivity contribution in [3.63, 3.8) is 0 Å². The summed E-state index contributed by atoms with van der Waals surface area (Å²) in [6.45, 7) is 8.53. The Morgan fingerprint density at radius 1 is 1.29 bits per heavy atom. The second kappa shape index (κ2) is 8.65. The number of hydrogen-bond acceptors (Lipinski definition) is 6. The molecule has 3 aromatic heterocycles. The molecule has 1 atom stereocenters. The van der Waals surface area contributed by atoms with Gasteiger partial charge in [-0.1, -0.05) is 5.16 Å². The molecule has 1 fully saturated rings. The fraction of sp³-hybridized carbons (Fsp3) is 0.524. The SMILES string of the molecule is CCn1ncc(CN2CCCC(CCc3noc(-c4cccnc4)n3)C2)c1C. The zero-order chi connectivity index (χ0) is 19.3. The standard InChI is InChI=1S/C21H28N6O/c1-3-27-16(2)19(13-23-27)15-26-11-5-6-17(14-26)8-9-20-24-21(28-25-20)18-7-4-10-22-12-18/h4,7,10,12-13,17H,3,5-6,8-9,11,14-15H2,1-2H3. The van der Waals surface area contributed by atoms with Crippen LogP contribution < -0.4 is 0 Å². The van der Waals surface area contributed by atoms with Crippen LogP contribution in [0.5, 0.6) is 0 Å². The molecule has 0 spiro atoms. The van der Waals surface area contributed by atoms with Crippen molar-refractivity contribution in [2.24, 2.45) is 5.92 Å². The summed E-state index contributed by atoms with van der Waals surface area (Å²) in [5.74, 6) is 2.02. The second-order valence-electron chi connectivity index (χ2n) is 7.61. The molecule has 7 heteroatoms. The quantitative estimate of drug-likeness (QED) is 0.625. The maximum Gasteiger partial charge on any atom is 0.259 e. The maximum absolute atomic E-state index is 5.40. The first-order valence-corrected chi connectivity index (χ1v) is 10.2. The van der Waals surface area contributed by atoms with E-state index in [1.54, 1.807) is 12.4 Å². The van der Waals surface area contributed by atoms with Crippen LogP contribution in [0, 0.1) is 12.8 Å².